The Kier molecular flexibility index (Phi) is 6.20. The van der Waals surface area contributed by atoms with E-state index >= 15 is 0 Å². The number of ether oxygens (including phenoxy) is 1. The molecular formula is C19H28ClFN6O. The van der Waals surface area contributed by atoms with E-state index in [9.17, 15) is 4.39 Å². The lowest BCUT2D eigenvalue weighted by molar-refractivity contribution is -0.0913. The molecule has 0 saturated carbocycles. The number of guanidine groups is 1. The summed E-state index contributed by atoms with van der Waals surface area (Å²) in [6.45, 7) is 2.56. The summed E-state index contributed by atoms with van der Waals surface area (Å²) in [5, 5.41) is 8.11. The van der Waals surface area contributed by atoms with Crippen molar-refractivity contribution in [2.24, 2.45) is 10.8 Å². The summed E-state index contributed by atoms with van der Waals surface area (Å²) < 4.78 is 19.1. The molecule has 9 heteroatoms. The Balaban J connectivity index is 1.39. The van der Waals surface area contributed by atoms with Crippen LogP contribution in [-0.2, 0) is 11.2 Å². The maximum atomic E-state index is 13.3. The Morgan fingerprint density at radius 1 is 1.25 bits per heavy atom. The molecular weight excluding hydrogens is 383 g/mol. The minimum Gasteiger partial charge on any atom is -0.373 e. The van der Waals surface area contributed by atoms with Crippen molar-refractivity contribution in [3.8, 4) is 0 Å². The summed E-state index contributed by atoms with van der Waals surface area (Å²) in [5.74, 6) is 0.812. The van der Waals surface area contributed by atoms with Crippen molar-refractivity contribution in [3.63, 3.8) is 0 Å². The van der Waals surface area contributed by atoms with Crippen LogP contribution in [0.1, 0.15) is 18.4 Å². The zero-order valence-corrected chi connectivity index (χ0v) is 16.6. The number of nitrogens with zero attached hydrogens (tertiary/aromatic N) is 3. The number of hydrazone groups is 1. The maximum absolute atomic E-state index is 13.3. The predicted octanol–water partition coefficient (Wildman–Crippen LogP) is 1.09. The van der Waals surface area contributed by atoms with Gasteiger partial charge in [0.1, 0.15) is 6.67 Å². The minimum absolute atomic E-state index is 0.248. The number of morpholine rings is 1. The van der Waals surface area contributed by atoms with Gasteiger partial charge in [0, 0.05) is 36.7 Å². The average Bonchev–Trinajstić information content (AvgIpc) is 3.16. The van der Waals surface area contributed by atoms with Gasteiger partial charge in [0.15, 0.2) is 6.29 Å². The van der Waals surface area contributed by atoms with E-state index in [1.807, 2.05) is 12.1 Å². The number of alkyl halides is 1. The Labute approximate surface area is 170 Å². The second kappa shape index (κ2) is 8.82. The molecule has 3 aliphatic rings. The number of hydrogen-bond acceptors (Lipinski definition) is 7. The van der Waals surface area contributed by atoms with Crippen LogP contribution in [0.25, 0.3) is 0 Å². The lowest BCUT2D eigenvalue weighted by Gasteiger charge is -2.46. The highest BCUT2D eigenvalue weighted by Gasteiger charge is 2.36. The molecule has 3 unspecified atom stereocenters. The lowest BCUT2D eigenvalue weighted by atomic mass is 9.96. The third-order valence-electron chi connectivity index (χ3n) is 5.79. The zero-order chi connectivity index (χ0) is 19.5. The van der Waals surface area contributed by atoms with Crippen LogP contribution >= 0.6 is 11.6 Å². The number of hydrogen-bond donors (Lipinski definition) is 3. The normalized spacial score (nSPS) is 29.3. The molecule has 4 N–H and O–H groups in total. The highest BCUT2D eigenvalue weighted by atomic mass is 35.5. The molecule has 3 aliphatic heterocycles. The lowest BCUT2D eigenvalue weighted by Crippen LogP contribution is -2.58. The third-order valence-corrected chi connectivity index (χ3v) is 6.04. The van der Waals surface area contributed by atoms with Crippen molar-refractivity contribution >= 4 is 17.6 Å². The van der Waals surface area contributed by atoms with Gasteiger partial charge in [-0.1, -0.05) is 23.7 Å². The van der Waals surface area contributed by atoms with E-state index in [-0.39, 0.29) is 18.4 Å². The summed E-state index contributed by atoms with van der Waals surface area (Å²) in [6.07, 6.45) is 2.24. The molecule has 0 spiro atoms. The number of likely N-dealkylation sites (tertiary alicyclic amines) is 1. The first kappa shape index (κ1) is 19.7. The van der Waals surface area contributed by atoms with Gasteiger partial charge in [-0.25, -0.2) is 4.39 Å². The van der Waals surface area contributed by atoms with Gasteiger partial charge in [0.05, 0.1) is 12.7 Å². The van der Waals surface area contributed by atoms with Crippen LogP contribution in [0.5, 0.6) is 0 Å². The Hall–Kier alpha value is -1.61. The second-order valence-corrected chi connectivity index (χ2v) is 8.13. The van der Waals surface area contributed by atoms with Crippen LogP contribution < -0.4 is 16.5 Å². The molecule has 0 aliphatic carbocycles. The van der Waals surface area contributed by atoms with Gasteiger partial charge in [0.2, 0.25) is 5.96 Å². The summed E-state index contributed by atoms with van der Waals surface area (Å²) in [7, 11) is 0. The van der Waals surface area contributed by atoms with Crippen molar-refractivity contribution in [3.05, 3.63) is 34.9 Å². The first-order valence-electron chi connectivity index (χ1n) is 9.90. The van der Waals surface area contributed by atoms with Crippen molar-refractivity contribution in [1.29, 1.82) is 0 Å². The average molecular weight is 411 g/mol. The molecule has 0 radical (unpaired) electrons. The van der Waals surface area contributed by atoms with Crippen LogP contribution in [0.4, 0.5) is 4.39 Å². The Morgan fingerprint density at radius 2 is 2.00 bits per heavy atom. The fourth-order valence-corrected chi connectivity index (χ4v) is 4.42. The van der Waals surface area contributed by atoms with Gasteiger partial charge in [-0.15, -0.1) is 5.10 Å². The van der Waals surface area contributed by atoms with Gasteiger partial charge >= 0.3 is 0 Å². The molecule has 1 aromatic rings. The molecule has 2 fully saturated rings. The van der Waals surface area contributed by atoms with Crippen molar-refractivity contribution in [2.75, 3.05) is 32.9 Å². The summed E-state index contributed by atoms with van der Waals surface area (Å²) in [6, 6.07) is 8.62. The summed E-state index contributed by atoms with van der Waals surface area (Å²) in [5.41, 5.74) is 9.83. The van der Waals surface area contributed by atoms with Gasteiger partial charge in [-0.05, 0) is 37.0 Å². The molecule has 2 saturated heterocycles. The third kappa shape index (κ3) is 4.51. The van der Waals surface area contributed by atoms with Crippen LogP contribution in [0.15, 0.2) is 29.4 Å². The van der Waals surface area contributed by atoms with Crippen molar-refractivity contribution in [2.45, 2.75) is 43.7 Å². The van der Waals surface area contributed by atoms with E-state index in [0.29, 0.717) is 19.2 Å². The molecule has 154 valence electrons. The van der Waals surface area contributed by atoms with E-state index in [0.717, 1.165) is 43.3 Å². The summed E-state index contributed by atoms with van der Waals surface area (Å²) >= 11 is 6.01. The molecule has 7 nitrogen and oxygen atoms in total. The number of rotatable bonds is 4. The van der Waals surface area contributed by atoms with Gasteiger partial charge in [0.25, 0.3) is 0 Å². The molecule has 28 heavy (non-hydrogen) atoms. The second-order valence-electron chi connectivity index (χ2n) is 7.70. The predicted molar refractivity (Wildman–Crippen MR) is 108 cm³/mol. The first-order chi connectivity index (χ1) is 13.6. The molecule has 0 bridgehead atoms. The van der Waals surface area contributed by atoms with Crippen LogP contribution in [-0.4, -0.2) is 73.2 Å². The van der Waals surface area contributed by atoms with Crippen LogP contribution in [0.2, 0.25) is 5.02 Å². The molecule has 0 amide bonds. The molecule has 3 heterocycles. The number of nitrogens with two attached hydrogens (primary N) is 1. The topological polar surface area (TPSA) is 78.2 Å². The van der Waals surface area contributed by atoms with Gasteiger partial charge < -0.3 is 15.0 Å². The summed E-state index contributed by atoms with van der Waals surface area (Å²) in [4.78, 5) is 4.69. The highest BCUT2D eigenvalue weighted by Crippen LogP contribution is 2.25. The molecule has 1 aromatic carbocycles. The Bertz CT molecular complexity index is 682. The monoisotopic (exact) mass is 410 g/mol. The number of piperidine rings is 1. The smallest absolute Gasteiger partial charge is 0.219 e. The number of benzene rings is 1. The van der Waals surface area contributed by atoms with Crippen LogP contribution in [0.3, 0.4) is 0 Å². The van der Waals surface area contributed by atoms with Crippen molar-refractivity contribution < 1.29 is 9.13 Å². The minimum atomic E-state index is -0.437. The molecule has 4 rings (SSSR count). The van der Waals surface area contributed by atoms with E-state index in [2.05, 4.69) is 37.8 Å². The fraction of sp³-hybridized carbons (Fsp3) is 0.632. The number of halogens is 2. The van der Waals surface area contributed by atoms with E-state index in [1.54, 1.807) is 0 Å². The molecule has 3 atom stereocenters. The first-order valence-corrected chi connectivity index (χ1v) is 10.3. The maximum Gasteiger partial charge on any atom is 0.219 e. The largest absolute Gasteiger partial charge is 0.373 e. The van der Waals surface area contributed by atoms with Crippen molar-refractivity contribution in [1.82, 2.24) is 20.5 Å². The standard InChI is InChI=1S/C19H28ClFN6O/c20-14-3-1-13(2-4-14)9-16-12-28-17(10-21)11-27(16)15-5-7-26(8-6-15)19-23-18(22)24-25-19/h1-4,15-18,24H,5-12,22H2,(H,23,25). The van der Waals surface area contributed by atoms with Gasteiger partial charge in [-0.2, -0.15) is 0 Å². The quantitative estimate of drug-likeness (QED) is 0.689. The number of nitrogens with one attached hydrogen (secondary N) is 2. The van der Waals surface area contributed by atoms with E-state index in [4.69, 9.17) is 22.1 Å². The van der Waals surface area contributed by atoms with E-state index in [1.165, 1.54) is 5.56 Å². The SMILES string of the molecule is NC1NN=C(N2CCC(N3CC(CF)OCC3Cc3ccc(Cl)cc3)CC2)N1. The van der Waals surface area contributed by atoms with Crippen LogP contribution in [0, 0.1) is 0 Å². The van der Waals surface area contributed by atoms with E-state index < -0.39 is 6.67 Å². The van der Waals surface area contributed by atoms with Gasteiger partial charge in [-0.3, -0.25) is 16.1 Å². The fourth-order valence-electron chi connectivity index (χ4n) is 4.29. The highest BCUT2D eigenvalue weighted by molar-refractivity contribution is 6.30. The molecule has 0 aromatic heterocycles. The zero-order valence-electron chi connectivity index (χ0n) is 15.9. The Morgan fingerprint density at radius 3 is 2.64 bits per heavy atom.